The first-order valence-corrected chi connectivity index (χ1v) is 18.1. The second kappa shape index (κ2) is 13.1. The van der Waals surface area contributed by atoms with E-state index in [9.17, 15) is 0 Å². The van der Waals surface area contributed by atoms with Crippen LogP contribution in [0.3, 0.4) is 0 Å². The largest absolute Gasteiger partial charge is 0.309 e. The van der Waals surface area contributed by atoms with Gasteiger partial charge in [0.15, 0.2) is 0 Å². The van der Waals surface area contributed by atoms with Gasteiger partial charge in [0.1, 0.15) is 0 Å². The lowest BCUT2D eigenvalue weighted by Gasteiger charge is -2.21. The molecular formula is C49H38N4. The highest BCUT2D eigenvalue weighted by Gasteiger charge is 2.24. The fourth-order valence-electron chi connectivity index (χ4n) is 8.21. The fourth-order valence-corrected chi connectivity index (χ4v) is 8.21. The number of benzene rings is 5. The molecule has 0 radical (unpaired) electrons. The van der Waals surface area contributed by atoms with Crippen LogP contribution in [0.2, 0.25) is 0 Å². The molecule has 4 heteroatoms. The summed E-state index contributed by atoms with van der Waals surface area (Å²) in [7, 11) is 0. The van der Waals surface area contributed by atoms with E-state index < -0.39 is 0 Å². The molecule has 3 aromatic heterocycles. The highest BCUT2D eigenvalue weighted by Crippen LogP contribution is 2.44. The monoisotopic (exact) mass is 682 g/mol. The molecular weight excluding hydrogens is 645 g/mol. The SMILES string of the molecule is C=C/C=C(\N=CC)c1ccc2c(c1)c1cc3c(cc1n2/C(C=C)=C/C=C)-c1cc2c(cc1CC3)c1cc(-c3ccccn3)ccc1n2-c1ccccc1. The van der Waals surface area contributed by atoms with Crippen molar-refractivity contribution >= 4 is 61.2 Å². The number of rotatable bonds is 8. The quantitative estimate of drug-likeness (QED) is 0.116. The van der Waals surface area contributed by atoms with Crippen molar-refractivity contribution in [2.75, 3.05) is 0 Å². The van der Waals surface area contributed by atoms with Crippen LogP contribution in [0.25, 0.3) is 83.1 Å². The maximum atomic E-state index is 4.67. The molecule has 1 aliphatic rings. The first-order valence-electron chi connectivity index (χ1n) is 18.1. The number of nitrogens with zero attached hydrogens (tertiary/aromatic N) is 4. The number of pyridine rings is 1. The van der Waals surface area contributed by atoms with E-state index in [0.717, 1.165) is 57.8 Å². The minimum atomic E-state index is 0.882. The molecule has 0 unspecified atom stereocenters. The number of aliphatic imine (C=N–C) groups is 1. The van der Waals surface area contributed by atoms with E-state index in [1.165, 1.54) is 54.8 Å². The summed E-state index contributed by atoms with van der Waals surface area (Å²) in [6.45, 7) is 14.1. The molecule has 0 aliphatic heterocycles. The second-order valence-corrected chi connectivity index (χ2v) is 13.4. The Bertz CT molecular complexity index is 2880. The number of allylic oxidation sites excluding steroid dienone is 6. The Kier molecular flexibility index (Phi) is 7.93. The van der Waals surface area contributed by atoms with Crippen LogP contribution in [0.5, 0.6) is 0 Å². The normalized spacial score (nSPS) is 13.2. The molecule has 0 atom stereocenters. The van der Waals surface area contributed by atoms with Crippen molar-refractivity contribution in [3.63, 3.8) is 0 Å². The fraction of sp³-hybridized carbons (Fsp3) is 0.0612. The number of aromatic nitrogens is 3. The minimum absolute atomic E-state index is 0.882. The number of aryl methyl sites for hydroxylation is 2. The minimum Gasteiger partial charge on any atom is -0.309 e. The van der Waals surface area contributed by atoms with E-state index in [2.05, 4.69) is 136 Å². The smallest absolute Gasteiger partial charge is 0.0702 e. The van der Waals surface area contributed by atoms with Gasteiger partial charge in [0, 0.05) is 56.5 Å². The van der Waals surface area contributed by atoms with Gasteiger partial charge in [-0.3, -0.25) is 9.98 Å². The molecule has 0 saturated heterocycles. The van der Waals surface area contributed by atoms with E-state index in [1.54, 1.807) is 6.08 Å². The molecule has 8 aromatic rings. The Hall–Kier alpha value is -6.78. The second-order valence-electron chi connectivity index (χ2n) is 13.4. The lowest BCUT2D eigenvalue weighted by molar-refractivity contribution is 0.946. The summed E-state index contributed by atoms with van der Waals surface area (Å²) < 4.78 is 4.73. The highest BCUT2D eigenvalue weighted by molar-refractivity contribution is 6.14. The third-order valence-corrected chi connectivity index (χ3v) is 10.5. The summed E-state index contributed by atoms with van der Waals surface area (Å²) in [6, 6.07) is 39.8. The van der Waals surface area contributed by atoms with Crippen LogP contribution in [0.4, 0.5) is 0 Å². The molecule has 0 N–H and O–H groups in total. The zero-order chi connectivity index (χ0) is 36.1. The van der Waals surface area contributed by atoms with Crippen molar-refractivity contribution in [1.29, 1.82) is 0 Å². The molecule has 4 nitrogen and oxygen atoms in total. The van der Waals surface area contributed by atoms with E-state index in [-0.39, 0.29) is 0 Å². The Morgan fingerprint density at radius 3 is 2.04 bits per heavy atom. The lowest BCUT2D eigenvalue weighted by atomic mass is 9.84. The van der Waals surface area contributed by atoms with Gasteiger partial charge in [-0.25, -0.2) is 0 Å². The number of hydrogen-bond acceptors (Lipinski definition) is 2. The average molecular weight is 683 g/mol. The predicted molar refractivity (Wildman–Crippen MR) is 227 cm³/mol. The van der Waals surface area contributed by atoms with Crippen molar-refractivity contribution < 1.29 is 0 Å². The van der Waals surface area contributed by atoms with Crippen molar-refractivity contribution in [2.24, 2.45) is 4.99 Å². The van der Waals surface area contributed by atoms with Gasteiger partial charge in [-0.2, -0.15) is 0 Å². The molecule has 0 spiro atoms. The Morgan fingerprint density at radius 1 is 0.660 bits per heavy atom. The molecule has 0 saturated carbocycles. The molecule has 53 heavy (non-hydrogen) atoms. The number of hydrogen-bond donors (Lipinski definition) is 0. The first kappa shape index (κ1) is 32.1. The summed E-state index contributed by atoms with van der Waals surface area (Å²) >= 11 is 0. The Morgan fingerprint density at radius 2 is 1.34 bits per heavy atom. The third-order valence-electron chi connectivity index (χ3n) is 10.5. The van der Waals surface area contributed by atoms with Crippen molar-refractivity contribution in [1.82, 2.24) is 14.1 Å². The summed E-state index contributed by atoms with van der Waals surface area (Å²) in [4.78, 5) is 9.32. The van der Waals surface area contributed by atoms with Crippen LogP contribution >= 0.6 is 0 Å². The Labute approximate surface area is 309 Å². The molecule has 3 heterocycles. The topological polar surface area (TPSA) is 35.1 Å². The maximum absolute atomic E-state index is 4.67. The van der Waals surface area contributed by atoms with Crippen molar-refractivity contribution in [3.05, 3.63) is 182 Å². The van der Waals surface area contributed by atoms with Crippen LogP contribution in [-0.2, 0) is 12.8 Å². The number of fused-ring (bicyclic) bond motifs is 9. The molecule has 5 aromatic carbocycles. The van der Waals surface area contributed by atoms with Crippen LogP contribution in [-0.4, -0.2) is 20.3 Å². The molecule has 0 amide bonds. The molecule has 0 fully saturated rings. The molecule has 9 rings (SSSR count). The van der Waals surface area contributed by atoms with E-state index in [1.807, 2.05) is 55.8 Å². The molecule has 254 valence electrons. The van der Waals surface area contributed by atoms with Crippen LogP contribution in [0, 0.1) is 0 Å². The number of para-hydroxylation sites is 1. The summed E-state index contributed by atoms with van der Waals surface area (Å²) in [5.74, 6) is 0. The zero-order valence-corrected chi connectivity index (χ0v) is 29.8. The van der Waals surface area contributed by atoms with E-state index >= 15 is 0 Å². The summed E-state index contributed by atoms with van der Waals surface area (Å²) in [5.41, 5.74) is 16.0. The van der Waals surface area contributed by atoms with Crippen LogP contribution in [0.15, 0.2) is 171 Å². The third kappa shape index (κ3) is 5.22. The van der Waals surface area contributed by atoms with Gasteiger partial charge in [0.05, 0.1) is 33.5 Å². The van der Waals surface area contributed by atoms with Crippen molar-refractivity contribution in [2.45, 2.75) is 19.8 Å². The van der Waals surface area contributed by atoms with Crippen molar-refractivity contribution in [3.8, 4) is 28.1 Å². The van der Waals surface area contributed by atoms with E-state index in [0.29, 0.717) is 0 Å². The standard InChI is InChI=1S/C49H38N4/c1-5-14-36(7-3)52-46-23-21-34(44(15-6-2)50-8-4)28-40(46)42-26-32-19-20-33-27-43-41-29-35(45-18-12-13-25-51-45)22-24-47(41)53(37-16-10-9-11-17-37)49(43)31-39(33)38(32)30-48(42)52/h5-18,21-31H,1-3,19-20H2,4H3/b36-14+,44-15-,50-8?. The predicted octanol–water partition coefficient (Wildman–Crippen LogP) is 12.5. The van der Waals surface area contributed by atoms with Gasteiger partial charge in [-0.15, -0.1) is 0 Å². The molecule has 1 aliphatic carbocycles. The van der Waals surface area contributed by atoms with Crippen LogP contribution in [0.1, 0.15) is 23.6 Å². The summed E-state index contributed by atoms with van der Waals surface area (Å²) in [6.07, 6.45) is 15.1. The van der Waals surface area contributed by atoms with Gasteiger partial charge in [0.2, 0.25) is 0 Å². The van der Waals surface area contributed by atoms with Gasteiger partial charge in [-0.1, -0.05) is 68.3 Å². The van der Waals surface area contributed by atoms with Gasteiger partial charge in [-0.05, 0) is 133 Å². The first-order chi connectivity index (χ1) is 26.1. The van der Waals surface area contributed by atoms with Gasteiger partial charge in [0.25, 0.3) is 0 Å². The summed E-state index contributed by atoms with van der Waals surface area (Å²) in [5, 5.41) is 4.87. The Balaban J connectivity index is 1.32. The van der Waals surface area contributed by atoms with Crippen LogP contribution < -0.4 is 0 Å². The van der Waals surface area contributed by atoms with Gasteiger partial charge < -0.3 is 9.13 Å². The zero-order valence-electron chi connectivity index (χ0n) is 29.8. The maximum Gasteiger partial charge on any atom is 0.0702 e. The van der Waals surface area contributed by atoms with E-state index in [4.69, 9.17) is 0 Å². The average Bonchev–Trinajstić information content (AvgIpc) is 3.69. The lowest BCUT2D eigenvalue weighted by Crippen LogP contribution is -2.05. The highest BCUT2D eigenvalue weighted by atomic mass is 15.0. The van der Waals surface area contributed by atoms with Gasteiger partial charge >= 0.3 is 0 Å². The molecule has 0 bridgehead atoms.